The molecule has 4 nitrogen and oxygen atoms in total. The zero-order chi connectivity index (χ0) is 13.0. The van der Waals surface area contributed by atoms with Crippen molar-refractivity contribution in [2.75, 3.05) is 0 Å². The minimum absolute atomic E-state index is 0. The van der Waals surface area contributed by atoms with Gasteiger partial charge in [0.1, 0.15) is 0 Å². The number of rotatable bonds is 6. The van der Waals surface area contributed by atoms with Crippen LogP contribution in [0, 0.1) is 10.8 Å². The van der Waals surface area contributed by atoms with Gasteiger partial charge in [0, 0.05) is 0 Å². The van der Waals surface area contributed by atoms with E-state index in [0.29, 0.717) is 6.42 Å². The quantitative estimate of drug-likeness (QED) is 0.440. The van der Waals surface area contributed by atoms with Crippen molar-refractivity contribution in [1.82, 2.24) is 0 Å². The van der Waals surface area contributed by atoms with Gasteiger partial charge in [-0.2, -0.15) is 0 Å². The fourth-order valence-electron chi connectivity index (χ4n) is 1.96. The maximum absolute atomic E-state index is 11.3. The van der Waals surface area contributed by atoms with Gasteiger partial charge in [-0.1, -0.05) is 47.0 Å². The molecule has 0 unspecified atom stereocenters. The summed E-state index contributed by atoms with van der Waals surface area (Å²) in [7, 11) is 0. The van der Waals surface area contributed by atoms with Crippen LogP contribution in [0.2, 0.25) is 0 Å². The molecule has 0 bridgehead atoms. The summed E-state index contributed by atoms with van der Waals surface area (Å²) in [5, 5.41) is 18.5. The molecule has 0 rings (SSSR count). The number of hydrogen-bond acceptors (Lipinski definition) is 2. The third-order valence-electron chi connectivity index (χ3n) is 3.17. The van der Waals surface area contributed by atoms with E-state index in [1.54, 1.807) is 20.8 Å². The molecular weight excluding hydrogens is 247 g/mol. The van der Waals surface area contributed by atoms with Crippen LogP contribution in [0.25, 0.3) is 0 Å². The van der Waals surface area contributed by atoms with Crippen LogP contribution < -0.4 is 0 Å². The van der Waals surface area contributed by atoms with E-state index < -0.39 is 22.8 Å². The summed E-state index contributed by atoms with van der Waals surface area (Å²) in [6.45, 7) is 7.00. The topological polar surface area (TPSA) is 74.6 Å². The zero-order valence-corrected chi connectivity index (χ0v) is 10.5. The van der Waals surface area contributed by atoms with Gasteiger partial charge in [-0.25, -0.2) is 0 Å². The van der Waals surface area contributed by atoms with Crippen LogP contribution in [0.15, 0.2) is 0 Å². The second-order valence-corrected chi connectivity index (χ2v) is 5.22. The number of unbranched alkanes of at least 4 members (excludes halogenated alkanes) is 2. The van der Waals surface area contributed by atoms with Crippen molar-refractivity contribution >= 4 is 63.3 Å². The molecule has 0 spiro atoms. The van der Waals surface area contributed by atoms with Crippen molar-refractivity contribution in [3.8, 4) is 0 Å². The molecule has 0 aliphatic heterocycles. The third kappa shape index (κ3) is 4.63. The van der Waals surface area contributed by atoms with Gasteiger partial charge >= 0.3 is 63.3 Å². The Hall–Kier alpha value is 0.576. The minimum atomic E-state index is -1.68. The Morgan fingerprint density at radius 1 is 1.00 bits per heavy atom. The molecule has 0 aromatic heterocycles. The first kappa shape index (κ1) is 19.9. The molecule has 0 aromatic carbocycles. The van der Waals surface area contributed by atoms with Crippen molar-refractivity contribution in [3.05, 3.63) is 0 Å². The van der Waals surface area contributed by atoms with Gasteiger partial charge < -0.3 is 10.2 Å². The van der Waals surface area contributed by atoms with Gasteiger partial charge in [0.2, 0.25) is 0 Å². The molecule has 96 valence electrons. The fraction of sp³-hybridized carbons (Fsp3) is 0.833. The van der Waals surface area contributed by atoms with E-state index in [-0.39, 0.29) is 57.8 Å². The summed E-state index contributed by atoms with van der Waals surface area (Å²) < 4.78 is 0. The first-order valence-electron chi connectivity index (χ1n) is 5.67. The van der Waals surface area contributed by atoms with E-state index in [4.69, 9.17) is 0 Å². The third-order valence-corrected chi connectivity index (χ3v) is 3.17. The number of carboxylic acid groups (broad SMARTS) is 2. The SMILES string of the molecule is CCCCCC(C(=O)O)(C(=O)O)C(C)(C)C.[KH]. The number of carboxylic acids is 2. The summed E-state index contributed by atoms with van der Waals surface area (Å²) in [5.41, 5.74) is -2.47. The Labute approximate surface area is 146 Å². The molecule has 5 heteroatoms. The van der Waals surface area contributed by atoms with E-state index in [1.165, 1.54) is 0 Å². The Morgan fingerprint density at radius 2 is 1.41 bits per heavy atom. The number of aliphatic carboxylic acids is 2. The predicted molar refractivity (Wildman–Crippen MR) is 68.5 cm³/mol. The van der Waals surface area contributed by atoms with Gasteiger partial charge in [-0.3, -0.25) is 9.59 Å². The van der Waals surface area contributed by atoms with Crippen LogP contribution in [-0.4, -0.2) is 73.5 Å². The second kappa shape index (κ2) is 7.89. The van der Waals surface area contributed by atoms with Crippen LogP contribution in [0.4, 0.5) is 0 Å². The Balaban J connectivity index is 0. The fourth-order valence-corrected chi connectivity index (χ4v) is 1.96. The maximum atomic E-state index is 11.3. The molecule has 0 amide bonds. The molecular formula is C12H23KO4. The van der Waals surface area contributed by atoms with Crippen LogP contribution in [0.5, 0.6) is 0 Å². The molecule has 0 atom stereocenters. The average molecular weight is 270 g/mol. The van der Waals surface area contributed by atoms with Crippen LogP contribution in [0.3, 0.4) is 0 Å². The van der Waals surface area contributed by atoms with Gasteiger partial charge in [0.05, 0.1) is 0 Å². The first-order chi connectivity index (χ1) is 7.20. The molecule has 0 aliphatic rings. The summed E-state index contributed by atoms with van der Waals surface area (Å²) in [5.74, 6) is -2.47. The van der Waals surface area contributed by atoms with E-state index in [9.17, 15) is 19.8 Å². The normalized spacial score (nSPS) is 11.8. The monoisotopic (exact) mass is 270 g/mol. The molecule has 0 saturated heterocycles. The van der Waals surface area contributed by atoms with E-state index in [1.807, 2.05) is 6.92 Å². The van der Waals surface area contributed by atoms with Gasteiger partial charge in [0.25, 0.3) is 0 Å². The first-order valence-corrected chi connectivity index (χ1v) is 5.67. The van der Waals surface area contributed by atoms with Crippen molar-refractivity contribution in [1.29, 1.82) is 0 Å². The predicted octanol–water partition coefficient (Wildman–Crippen LogP) is 2.12. The standard InChI is InChI=1S/C12H22O4.K.H/c1-5-6-7-8-12(9(13)14,10(15)16)11(2,3)4;;/h5-8H2,1-4H3,(H,13,14)(H,15,16);;. The van der Waals surface area contributed by atoms with Crippen molar-refractivity contribution in [2.45, 2.75) is 53.4 Å². The number of carbonyl (C=O) groups is 2. The molecule has 0 heterocycles. The Morgan fingerprint density at radius 3 is 1.65 bits per heavy atom. The average Bonchev–Trinajstić information content (AvgIpc) is 2.08. The van der Waals surface area contributed by atoms with Crippen molar-refractivity contribution in [2.24, 2.45) is 10.8 Å². The van der Waals surface area contributed by atoms with E-state index in [2.05, 4.69) is 0 Å². The van der Waals surface area contributed by atoms with Crippen molar-refractivity contribution in [3.63, 3.8) is 0 Å². The molecule has 17 heavy (non-hydrogen) atoms. The molecule has 2 N–H and O–H groups in total. The number of hydrogen-bond donors (Lipinski definition) is 2. The van der Waals surface area contributed by atoms with Gasteiger partial charge in [-0.15, -0.1) is 0 Å². The summed E-state index contributed by atoms with van der Waals surface area (Å²) in [6.07, 6.45) is 2.62. The summed E-state index contributed by atoms with van der Waals surface area (Å²) in [6, 6.07) is 0. The van der Waals surface area contributed by atoms with Crippen LogP contribution in [-0.2, 0) is 9.59 Å². The van der Waals surface area contributed by atoms with Crippen LogP contribution in [0.1, 0.15) is 53.4 Å². The Bertz CT molecular complexity index is 254. The molecule has 0 radical (unpaired) electrons. The van der Waals surface area contributed by atoms with E-state index >= 15 is 0 Å². The molecule has 0 fully saturated rings. The van der Waals surface area contributed by atoms with Gasteiger partial charge in [0.15, 0.2) is 5.41 Å². The van der Waals surface area contributed by atoms with Crippen LogP contribution >= 0.6 is 0 Å². The second-order valence-electron chi connectivity index (χ2n) is 5.22. The molecule has 0 aromatic rings. The van der Waals surface area contributed by atoms with Crippen molar-refractivity contribution < 1.29 is 19.8 Å². The molecule has 0 saturated carbocycles. The Kier molecular flexibility index (Phi) is 9.24. The zero-order valence-electron chi connectivity index (χ0n) is 10.5. The molecule has 0 aliphatic carbocycles. The van der Waals surface area contributed by atoms with Gasteiger partial charge in [-0.05, 0) is 11.8 Å². The summed E-state index contributed by atoms with van der Waals surface area (Å²) in [4.78, 5) is 22.6. The summed E-state index contributed by atoms with van der Waals surface area (Å²) >= 11 is 0. The van der Waals surface area contributed by atoms with E-state index in [0.717, 1.165) is 12.8 Å².